The van der Waals surface area contributed by atoms with Gasteiger partial charge in [-0.3, -0.25) is 0 Å². The molecule has 0 bridgehead atoms. The second-order valence-corrected chi connectivity index (χ2v) is 9.94. The summed E-state index contributed by atoms with van der Waals surface area (Å²) < 4.78 is 67.7. The molecule has 2 heterocycles. The highest BCUT2D eigenvalue weighted by Crippen LogP contribution is 2.49. The number of halogens is 3. The molecular formula is C17H29F3N2O3S. The Kier molecular flexibility index (Phi) is 6.52. The van der Waals surface area contributed by atoms with Crippen LogP contribution in [-0.4, -0.2) is 63.5 Å². The van der Waals surface area contributed by atoms with E-state index in [-0.39, 0.29) is 19.2 Å². The number of ether oxygens (including phenoxy) is 1. The molecule has 9 heteroatoms. The van der Waals surface area contributed by atoms with Crippen molar-refractivity contribution in [3.05, 3.63) is 0 Å². The predicted molar refractivity (Wildman–Crippen MR) is 92.2 cm³/mol. The number of piperidine rings is 1. The minimum Gasteiger partial charge on any atom is -0.377 e. The molecule has 3 fully saturated rings. The maximum atomic E-state index is 12.3. The predicted octanol–water partition coefficient (Wildman–Crippen LogP) is 2.39. The Bertz CT molecular complexity index is 564. The monoisotopic (exact) mass is 398 g/mol. The minimum absolute atomic E-state index is 0.183. The zero-order valence-corrected chi connectivity index (χ0v) is 15.8. The van der Waals surface area contributed by atoms with E-state index in [9.17, 15) is 21.6 Å². The van der Waals surface area contributed by atoms with Gasteiger partial charge in [0.05, 0.1) is 18.3 Å². The molecule has 0 radical (unpaired) electrons. The van der Waals surface area contributed by atoms with Crippen LogP contribution in [0.15, 0.2) is 0 Å². The first-order chi connectivity index (χ1) is 12.2. The van der Waals surface area contributed by atoms with Crippen LogP contribution in [0.3, 0.4) is 0 Å². The number of alkyl halides is 3. The standard InChI is InChI=1S/C17H29F3N2O3S/c18-17(19,20)5-10-26(23,24)22-8-3-15(12-22)25-9-4-14-11-16(14)13-1-6-21-7-2-13/h13-16,21H,1-12H2/t14-,15?,16-/m1/s1. The maximum Gasteiger partial charge on any atom is 0.390 e. The first-order valence-electron chi connectivity index (χ1n) is 9.61. The van der Waals surface area contributed by atoms with Gasteiger partial charge >= 0.3 is 6.18 Å². The molecule has 1 unspecified atom stereocenters. The average Bonchev–Trinajstić information content (AvgIpc) is 3.19. The summed E-state index contributed by atoms with van der Waals surface area (Å²) in [6, 6.07) is 0. The van der Waals surface area contributed by atoms with Crippen LogP contribution in [0.4, 0.5) is 13.2 Å². The van der Waals surface area contributed by atoms with Gasteiger partial charge in [0.15, 0.2) is 0 Å². The van der Waals surface area contributed by atoms with Gasteiger partial charge in [-0.1, -0.05) is 0 Å². The Morgan fingerprint density at radius 3 is 2.58 bits per heavy atom. The number of hydrogen-bond donors (Lipinski definition) is 1. The van der Waals surface area contributed by atoms with Crippen molar-refractivity contribution in [3.63, 3.8) is 0 Å². The van der Waals surface area contributed by atoms with Gasteiger partial charge in [0, 0.05) is 19.7 Å². The molecule has 0 spiro atoms. The third-order valence-corrected chi connectivity index (χ3v) is 7.79. The largest absolute Gasteiger partial charge is 0.390 e. The van der Waals surface area contributed by atoms with E-state index in [4.69, 9.17) is 4.74 Å². The highest BCUT2D eigenvalue weighted by Gasteiger charge is 2.42. The van der Waals surface area contributed by atoms with E-state index in [1.807, 2.05) is 0 Å². The van der Waals surface area contributed by atoms with Gasteiger partial charge in [-0.25, -0.2) is 8.42 Å². The third-order valence-electron chi connectivity index (χ3n) is 5.95. The summed E-state index contributed by atoms with van der Waals surface area (Å²) in [5.74, 6) is 1.51. The molecule has 152 valence electrons. The van der Waals surface area contributed by atoms with E-state index in [0.717, 1.165) is 41.6 Å². The Hall–Kier alpha value is -0.380. The van der Waals surface area contributed by atoms with Gasteiger partial charge in [-0.2, -0.15) is 17.5 Å². The van der Waals surface area contributed by atoms with E-state index in [0.29, 0.717) is 13.0 Å². The summed E-state index contributed by atoms with van der Waals surface area (Å²) in [6.07, 6.45) is -0.567. The molecule has 26 heavy (non-hydrogen) atoms. The molecule has 0 amide bonds. The van der Waals surface area contributed by atoms with E-state index in [1.165, 1.54) is 19.3 Å². The lowest BCUT2D eigenvalue weighted by Crippen LogP contribution is -2.33. The van der Waals surface area contributed by atoms with Crippen LogP contribution >= 0.6 is 0 Å². The molecular weight excluding hydrogens is 369 g/mol. The molecule has 0 aromatic heterocycles. The van der Waals surface area contributed by atoms with Gasteiger partial charge in [-0.15, -0.1) is 0 Å². The summed E-state index contributed by atoms with van der Waals surface area (Å²) in [5.41, 5.74) is 0. The normalized spacial score (nSPS) is 31.4. The van der Waals surface area contributed by atoms with Gasteiger partial charge in [0.1, 0.15) is 0 Å². The zero-order chi connectivity index (χ0) is 18.8. The molecule has 1 aliphatic carbocycles. The van der Waals surface area contributed by atoms with Crippen LogP contribution in [0, 0.1) is 17.8 Å². The number of sulfonamides is 1. The van der Waals surface area contributed by atoms with Crippen LogP contribution in [0.2, 0.25) is 0 Å². The molecule has 1 N–H and O–H groups in total. The molecule has 3 atom stereocenters. The molecule has 2 aliphatic heterocycles. The van der Waals surface area contributed by atoms with E-state index >= 15 is 0 Å². The zero-order valence-electron chi connectivity index (χ0n) is 15.0. The Morgan fingerprint density at radius 1 is 1.15 bits per heavy atom. The SMILES string of the molecule is O=S(=O)(CCC(F)(F)F)N1CCC(OCC[C@@H]2C[C@@H]2C2CCNCC2)C1. The van der Waals surface area contributed by atoms with Crippen molar-refractivity contribution >= 4 is 10.0 Å². The average molecular weight is 398 g/mol. The fourth-order valence-corrected chi connectivity index (χ4v) is 5.82. The van der Waals surface area contributed by atoms with E-state index in [2.05, 4.69) is 5.32 Å². The maximum absolute atomic E-state index is 12.3. The van der Waals surface area contributed by atoms with Crippen molar-refractivity contribution in [3.8, 4) is 0 Å². The topological polar surface area (TPSA) is 58.6 Å². The van der Waals surface area contributed by atoms with Gasteiger partial charge < -0.3 is 10.1 Å². The fourth-order valence-electron chi connectivity index (χ4n) is 4.30. The quantitative estimate of drug-likeness (QED) is 0.682. The lowest BCUT2D eigenvalue weighted by atomic mass is 9.91. The summed E-state index contributed by atoms with van der Waals surface area (Å²) in [7, 11) is -3.85. The van der Waals surface area contributed by atoms with Crippen molar-refractivity contribution in [2.45, 2.75) is 50.8 Å². The smallest absolute Gasteiger partial charge is 0.377 e. The van der Waals surface area contributed by atoms with Gasteiger partial charge in [0.25, 0.3) is 0 Å². The Balaban J connectivity index is 1.32. The summed E-state index contributed by atoms with van der Waals surface area (Å²) in [5, 5.41) is 3.39. The number of rotatable bonds is 8. The minimum atomic E-state index is -4.45. The van der Waals surface area contributed by atoms with Crippen LogP contribution < -0.4 is 5.32 Å². The summed E-state index contributed by atoms with van der Waals surface area (Å²) in [6.45, 7) is 3.29. The van der Waals surface area contributed by atoms with Crippen molar-refractivity contribution < 1.29 is 26.3 Å². The molecule has 1 saturated carbocycles. The number of nitrogens with zero attached hydrogens (tertiary/aromatic N) is 1. The second kappa shape index (κ2) is 8.32. The summed E-state index contributed by atoms with van der Waals surface area (Å²) in [4.78, 5) is 0. The molecule has 3 aliphatic rings. The Labute approximate surface area is 153 Å². The third kappa shape index (κ3) is 5.81. The second-order valence-electron chi connectivity index (χ2n) is 7.86. The summed E-state index contributed by atoms with van der Waals surface area (Å²) >= 11 is 0. The van der Waals surface area contributed by atoms with E-state index in [1.54, 1.807) is 0 Å². The first kappa shape index (κ1) is 20.4. The molecule has 0 aromatic rings. The van der Waals surface area contributed by atoms with Crippen molar-refractivity contribution in [2.75, 3.05) is 38.5 Å². The van der Waals surface area contributed by atoms with Gasteiger partial charge in [0.2, 0.25) is 10.0 Å². The fraction of sp³-hybridized carbons (Fsp3) is 1.00. The van der Waals surface area contributed by atoms with E-state index < -0.39 is 28.4 Å². The number of nitrogens with one attached hydrogen (secondary N) is 1. The lowest BCUT2D eigenvalue weighted by Gasteiger charge is -2.22. The lowest BCUT2D eigenvalue weighted by molar-refractivity contribution is -0.130. The van der Waals surface area contributed by atoms with Crippen LogP contribution in [0.5, 0.6) is 0 Å². The highest BCUT2D eigenvalue weighted by molar-refractivity contribution is 7.89. The Morgan fingerprint density at radius 2 is 1.88 bits per heavy atom. The molecule has 5 nitrogen and oxygen atoms in total. The van der Waals surface area contributed by atoms with Crippen molar-refractivity contribution in [2.24, 2.45) is 17.8 Å². The highest BCUT2D eigenvalue weighted by atomic mass is 32.2. The van der Waals surface area contributed by atoms with Crippen molar-refractivity contribution in [1.29, 1.82) is 0 Å². The van der Waals surface area contributed by atoms with Crippen LogP contribution in [-0.2, 0) is 14.8 Å². The first-order valence-corrected chi connectivity index (χ1v) is 11.2. The van der Waals surface area contributed by atoms with Crippen LogP contribution in [0.25, 0.3) is 0 Å². The van der Waals surface area contributed by atoms with Gasteiger partial charge in [-0.05, 0) is 62.9 Å². The van der Waals surface area contributed by atoms with Crippen LogP contribution in [0.1, 0.15) is 38.5 Å². The van der Waals surface area contributed by atoms with Crippen molar-refractivity contribution in [1.82, 2.24) is 9.62 Å². The number of hydrogen-bond acceptors (Lipinski definition) is 4. The molecule has 2 saturated heterocycles. The molecule has 0 aromatic carbocycles. The molecule has 3 rings (SSSR count).